The van der Waals surface area contributed by atoms with Gasteiger partial charge in [-0.2, -0.15) is 0 Å². The molecule has 27 heavy (non-hydrogen) atoms. The quantitative estimate of drug-likeness (QED) is 0.659. The van der Waals surface area contributed by atoms with Crippen molar-refractivity contribution in [3.63, 3.8) is 0 Å². The number of aryl methyl sites for hydroxylation is 3. The van der Waals surface area contributed by atoms with Crippen molar-refractivity contribution in [2.75, 3.05) is 10.6 Å². The molecule has 1 unspecified atom stereocenters. The second-order valence-electron chi connectivity index (χ2n) is 6.92. The summed E-state index contributed by atoms with van der Waals surface area (Å²) in [5.41, 5.74) is 2.95. The largest absolute Gasteiger partial charge is 0.466 e. The van der Waals surface area contributed by atoms with Crippen LogP contribution in [0.1, 0.15) is 23.6 Å². The van der Waals surface area contributed by atoms with Gasteiger partial charge in [-0.25, -0.2) is 4.98 Å². The van der Waals surface area contributed by atoms with Gasteiger partial charge in [-0.15, -0.1) is 0 Å². The van der Waals surface area contributed by atoms with Crippen molar-refractivity contribution in [1.29, 1.82) is 0 Å². The number of ether oxygens (including phenoxy) is 1. The number of aromatic nitrogens is 1. The zero-order valence-corrected chi connectivity index (χ0v) is 16.3. The Bertz CT molecular complexity index is 1110. The van der Waals surface area contributed by atoms with Gasteiger partial charge in [0, 0.05) is 0 Å². The summed E-state index contributed by atoms with van der Waals surface area (Å²) in [6, 6.07) is 9.44. The van der Waals surface area contributed by atoms with Gasteiger partial charge in [-0.1, -0.05) is 23.5 Å². The van der Waals surface area contributed by atoms with E-state index in [1.165, 1.54) is 18.3 Å². The van der Waals surface area contributed by atoms with Crippen LogP contribution in [0.3, 0.4) is 0 Å². The van der Waals surface area contributed by atoms with Gasteiger partial charge in [-0.3, -0.25) is 14.9 Å². The number of nitrogens with one attached hydrogen (secondary N) is 2. The SMILES string of the molecule is Cc1ccc2c(c1)NC(=O)C(C)(C(=O)Nc1nc3c(C)c(C)ccc3s1)O2. The molecule has 1 atom stereocenters. The zero-order valence-electron chi connectivity index (χ0n) is 15.5. The predicted molar refractivity (Wildman–Crippen MR) is 107 cm³/mol. The molecule has 7 heteroatoms. The lowest BCUT2D eigenvalue weighted by Crippen LogP contribution is -2.56. The highest BCUT2D eigenvalue weighted by Gasteiger charge is 2.47. The van der Waals surface area contributed by atoms with E-state index >= 15 is 0 Å². The number of carbonyl (C=O) groups is 2. The Morgan fingerprint density at radius 2 is 2.00 bits per heavy atom. The third-order valence-electron chi connectivity index (χ3n) is 4.87. The number of rotatable bonds is 2. The molecule has 1 aliphatic heterocycles. The summed E-state index contributed by atoms with van der Waals surface area (Å²) in [4.78, 5) is 30.0. The van der Waals surface area contributed by atoms with Gasteiger partial charge in [0.2, 0.25) is 0 Å². The van der Waals surface area contributed by atoms with E-state index in [1.54, 1.807) is 6.07 Å². The van der Waals surface area contributed by atoms with Crippen LogP contribution in [-0.4, -0.2) is 22.4 Å². The van der Waals surface area contributed by atoms with Crippen LogP contribution in [0, 0.1) is 20.8 Å². The van der Waals surface area contributed by atoms with Crippen LogP contribution in [0.2, 0.25) is 0 Å². The molecule has 0 aliphatic carbocycles. The van der Waals surface area contributed by atoms with E-state index in [2.05, 4.69) is 15.6 Å². The number of anilines is 2. The third kappa shape index (κ3) is 2.84. The van der Waals surface area contributed by atoms with Crippen molar-refractivity contribution in [3.05, 3.63) is 47.0 Å². The molecule has 1 aromatic heterocycles. The number of fused-ring (bicyclic) bond motifs is 2. The van der Waals surface area contributed by atoms with Gasteiger partial charge in [-0.05, 0) is 62.6 Å². The first kappa shape index (κ1) is 17.5. The smallest absolute Gasteiger partial charge is 0.280 e. The molecule has 0 spiro atoms. The molecule has 6 nitrogen and oxygen atoms in total. The molecule has 1 aliphatic rings. The molecule has 0 radical (unpaired) electrons. The fraction of sp³-hybridized carbons (Fsp3) is 0.250. The molecule has 2 amide bonds. The maximum Gasteiger partial charge on any atom is 0.280 e. The lowest BCUT2D eigenvalue weighted by molar-refractivity contribution is -0.143. The van der Waals surface area contributed by atoms with Crippen LogP contribution in [0.5, 0.6) is 5.75 Å². The Morgan fingerprint density at radius 3 is 2.78 bits per heavy atom. The molecule has 2 aromatic carbocycles. The summed E-state index contributed by atoms with van der Waals surface area (Å²) in [5, 5.41) is 5.94. The van der Waals surface area contributed by atoms with Gasteiger partial charge in [0.15, 0.2) is 5.13 Å². The minimum atomic E-state index is -1.68. The summed E-state index contributed by atoms with van der Waals surface area (Å²) in [5.74, 6) is -0.598. The van der Waals surface area contributed by atoms with Crippen LogP contribution in [0.4, 0.5) is 10.8 Å². The minimum absolute atomic E-state index is 0.441. The molecule has 3 aromatic rings. The Labute approximate surface area is 160 Å². The molecule has 0 bridgehead atoms. The van der Waals surface area contributed by atoms with E-state index < -0.39 is 17.4 Å². The number of amides is 2. The lowest BCUT2D eigenvalue weighted by atomic mass is 10.0. The van der Waals surface area contributed by atoms with Crippen molar-refractivity contribution in [2.24, 2.45) is 0 Å². The van der Waals surface area contributed by atoms with Crippen molar-refractivity contribution >= 4 is 44.2 Å². The average Bonchev–Trinajstić information content (AvgIpc) is 3.03. The number of thiazole rings is 1. The fourth-order valence-corrected chi connectivity index (χ4v) is 3.90. The molecule has 138 valence electrons. The first-order chi connectivity index (χ1) is 12.8. The molecular weight excluding hydrogens is 362 g/mol. The minimum Gasteiger partial charge on any atom is -0.466 e. The van der Waals surface area contributed by atoms with Crippen LogP contribution in [0.15, 0.2) is 30.3 Å². The monoisotopic (exact) mass is 381 g/mol. The Morgan fingerprint density at radius 1 is 1.22 bits per heavy atom. The Kier molecular flexibility index (Phi) is 3.92. The van der Waals surface area contributed by atoms with Gasteiger partial charge in [0.1, 0.15) is 5.75 Å². The Balaban J connectivity index is 1.63. The lowest BCUT2D eigenvalue weighted by Gasteiger charge is -2.33. The van der Waals surface area contributed by atoms with Crippen molar-refractivity contribution in [1.82, 2.24) is 4.98 Å². The summed E-state index contributed by atoms with van der Waals surface area (Å²) >= 11 is 1.37. The molecule has 2 N–H and O–H groups in total. The maximum atomic E-state index is 12.9. The molecule has 4 rings (SSSR count). The highest BCUT2D eigenvalue weighted by Crippen LogP contribution is 2.35. The summed E-state index contributed by atoms with van der Waals surface area (Å²) in [6.45, 7) is 7.40. The van der Waals surface area contributed by atoms with Gasteiger partial charge in [0.05, 0.1) is 15.9 Å². The van der Waals surface area contributed by atoms with E-state index in [9.17, 15) is 9.59 Å². The van der Waals surface area contributed by atoms with Crippen LogP contribution < -0.4 is 15.4 Å². The average molecular weight is 381 g/mol. The zero-order chi connectivity index (χ0) is 19.3. The summed E-state index contributed by atoms with van der Waals surface area (Å²) in [6.07, 6.45) is 0. The maximum absolute atomic E-state index is 12.9. The molecule has 2 heterocycles. The van der Waals surface area contributed by atoms with E-state index in [0.717, 1.165) is 26.9 Å². The van der Waals surface area contributed by atoms with E-state index in [4.69, 9.17) is 4.74 Å². The van der Waals surface area contributed by atoms with Crippen molar-refractivity contribution < 1.29 is 14.3 Å². The van der Waals surface area contributed by atoms with Crippen LogP contribution in [0.25, 0.3) is 10.2 Å². The first-order valence-electron chi connectivity index (χ1n) is 8.57. The van der Waals surface area contributed by atoms with Crippen molar-refractivity contribution in [2.45, 2.75) is 33.3 Å². The van der Waals surface area contributed by atoms with Gasteiger partial charge >= 0.3 is 0 Å². The topological polar surface area (TPSA) is 80.3 Å². The molecule has 0 saturated heterocycles. The molecule has 0 saturated carbocycles. The number of benzene rings is 2. The van der Waals surface area contributed by atoms with Crippen LogP contribution in [-0.2, 0) is 9.59 Å². The number of nitrogens with zero attached hydrogens (tertiary/aromatic N) is 1. The number of hydrogen-bond acceptors (Lipinski definition) is 5. The third-order valence-corrected chi connectivity index (χ3v) is 5.81. The predicted octanol–water partition coefficient (Wildman–Crippen LogP) is 3.95. The standard InChI is InChI=1S/C20H19N3O3S/c1-10-5-7-14-13(9-10)21-17(24)20(4,26-14)18(25)23-19-22-16-12(3)11(2)6-8-15(16)27-19/h5-9H,1-4H3,(H,21,24)(H,22,23,25). The normalized spacial score (nSPS) is 18.6. The summed E-state index contributed by atoms with van der Waals surface area (Å²) in [7, 11) is 0. The van der Waals surface area contributed by atoms with Gasteiger partial charge in [0.25, 0.3) is 17.4 Å². The van der Waals surface area contributed by atoms with E-state index in [0.29, 0.717) is 16.6 Å². The highest BCUT2D eigenvalue weighted by molar-refractivity contribution is 7.22. The molecular formula is C20H19N3O3S. The van der Waals surface area contributed by atoms with Crippen LogP contribution >= 0.6 is 11.3 Å². The second kappa shape index (κ2) is 6.06. The van der Waals surface area contributed by atoms with E-state index in [-0.39, 0.29) is 0 Å². The number of carbonyl (C=O) groups excluding carboxylic acids is 2. The summed E-state index contributed by atoms with van der Waals surface area (Å²) < 4.78 is 6.77. The number of hydrogen-bond donors (Lipinski definition) is 2. The Hall–Kier alpha value is -2.93. The fourth-order valence-electron chi connectivity index (χ4n) is 2.98. The van der Waals surface area contributed by atoms with E-state index in [1.807, 2.05) is 45.0 Å². The second-order valence-corrected chi connectivity index (χ2v) is 7.95. The first-order valence-corrected chi connectivity index (χ1v) is 9.39. The molecule has 0 fully saturated rings. The highest BCUT2D eigenvalue weighted by atomic mass is 32.1. The van der Waals surface area contributed by atoms with Crippen molar-refractivity contribution in [3.8, 4) is 5.75 Å². The van der Waals surface area contributed by atoms with Gasteiger partial charge < -0.3 is 10.1 Å².